The van der Waals surface area contributed by atoms with Crippen LogP contribution in [0.4, 0.5) is 27.6 Å². The van der Waals surface area contributed by atoms with E-state index >= 15 is 8.78 Å². The molecule has 0 heterocycles. The lowest BCUT2D eigenvalue weighted by Gasteiger charge is -2.26. The molecule has 2 aromatic carbocycles. The Bertz CT molecular complexity index is 1600. The third-order valence-corrected chi connectivity index (χ3v) is 8.92. The maximum Gasteiger partial charge on any atom is 0.412 e. The third-order valence-electron chi connectivity index (χ3n) is 8.68. The van der Waals surface area contributed by atoms with Crippen molar-refractivity contribution in [3.63, 3.8) is 0 Å². The van der Waals surface area contributed by atoms with E-state index in [1.165, 1.54) is 6.07 Å². The molecule has 0 aliphatic rings. The summed E-state index contributed by atoms with van der Waals surface area (Å²) >= 11 is 6.26. The fraction of sp³-hybridized carbons (Fsp3) is 0.390. The molecule has 2 aromatic rings. The first kappa shape index (κ1) is 42.4. The lowest BCUT2D eigenvalue weighted by molar-refractivity contribution is -0.0912. The summed E-state index contributed by atoms with van der Waals surface area (Å²) in [7, 11) is 0. The highest BCUT2D eigenvalue weighted by atomic mass is 35.5. The first-order valence-electron chi connectivity index (χ1n) is 16.9. The molecule has 0 saturated heterocycles. The van der Waals surface area contributed by atoms with E-state index < -0.39 is 23.4 Å². The van der Waals surface area contributed by atoms with Gasteiger partial charge in [0.2, 0.25) is 0 Å². The predicted octanol–water partition coefficient (Wildman–Crippen LogP) is 12.2. The highest BCUT2D eigenvalue weighted by molar-refractivity contribution is 6.31. The molecule has 0 saturated carbocycles. The van der Waals surface area contributed by atoms with Crippen molar-refractivity contribution in [2.45, 2.75) is 72.9 Å². The summed E-state index contributed by atoms with van der Waals surface area (Å²) in [5.41, 5.74) is 2.39. The minimum absolute atomic E-state index is 0.000431. The molecule has 0 aromatic heterocycles. The molecular formula is C41H51ClF5N3. The average Bonchev–Trinajstić information content (AvgIpc) is 3.05. The second-order valence-corrected chi connectivity index (χ2v) is 13.1. The van der Waals surface area contributed by atoms with E-state index in [0.29, 0.717) is 39.5 Å². The van der Waals surface area contributed by atoms with Gasteiger partial charge in [-0.25, -0.2) is 8.78 Å². The van der Waals surface area contributed by atoms with Crippen molar-refractivity contribution in [2.75, 3.05) is 25.0 Å². The van der Waals surface area contributed by atoms with Crippen molar-refractivity contribution < 1.29 is 22.0 Å². The molecule has 1 unspecified atom stereocenters. The average molecular weight is 716 g/mol. The number of anilines is 1. The van der Waals surface area contributed by atoms with Crippen molar-refractivity contribution >= 4 is 23.0 Å². The number of hydrogen-bond donors (Lipinski definition) is 1. The van der Waals surface area contributed by atoms with Crippen LogP contribution >= 0.6 is 11.6 Å². The quantitative estimate of drug-likeness (QED) is 0.0640. The topological polar surface area (TPSA) is 27.6 Å². The number of nitrogens with zero attached hydrogens (tertiary/aromatic N) is 2. The number of aryl methyl sites for hydroxylation is 1. The van der Waals surface area contributed by atoms with Crippen LogP contribution in [0, 0.1) is 23.5 Å². The van der Waals surface area contributed by atoms with Gasteiger partial charge in [0.05, 0.1) is 5.71 Å². The smallest absolute Gasteiger partial charge is 0.355 e. The third kappa shape index (κ3) is 12.2. The van der Waals surface area contributed by atoms with Crippen LogP contribution in [0.5, 0.6) is 0 Å². The molecule has 50 heavy (non-hydrogen) atoms. The maximum atomic E-state index is 15.6. The van der Waals surface area contributed by atoms with E-state index in [0.717, 1.165) is 63.7 Å². The van der Waals surface area contributed by atoms with Crippen molar-refractivity contribution in [2.24, 2.45) is 16.8 Å². The molecule has 3 nitrogen and oxygen atoms in total. The summed E-state index contributed by atoms with van der Waals surface area (Å²) < 4.78 is 71.2. The van der Waals surface area contributed by atoms with Crippen molar-refractivity contribution in [3.8, 4) is 0 Å². The molecule has 1 atom stereocenters. The highest BCUT2D eigenvalue weighted by Crippen LogP contribution is 2.34. The number of aliphatic imine (C=N–C) groups is 1. The van der Waals surface area contributed by atoms with E-state index in [2.05, 4.69) is 48.4 Å². The lowest BCUT2D eigenvalue weighted by Crippen LogP contribution is -2.27. The number of benzene rings is 2. The first-order chi connectivity index (χ1) is 23.6. The number of nitrogens with one attached hydrogen (secondary N) is 1. The zero-order valence-corrected chi connectivity index (χ0v) is 30.8. The number of halogens is 6. The van der Waals surface area contributed by atoms with E-state index in [1.54, 1.807) is 30.3 Å². The van der Waals surface area contributed by atoms with Crippen LogP contribution in [0.3, 0.4) is 0 Å². The van der Waals surface area contributed by atoms with Crippen molar-refractivity contribution in [1.29, 1.82) is 0 Å². The van der Waals surface area contributed by atoms with Crippen LogP contribution in [-0.4, -0.2) is 36.4 Å². The van der Waals surface area contributed by atoms with Gasteiger partial charge in [-0.3, -0.25) is 4.99 Å². The first-order valence-corrected chi connectivity index (χ1v) is 17.3. The van der Waals surface area contributed by atoms with E-state index in [1.807, 2.05) is 26.8 Å². The van der Waals surface area contributed by atoms with Gasteiger partial charge in [0.1, 0.15) is 0 Å². The van der Waals surface area contributed by atoms with Crippen molar-refractivity contribution in [3.05, 3.63) is 137 Å². The zero-order valence-electron chi connectivity index (χ0n) is 30.0. The summed E-state index contributed by atoms with van der Waals surface area (Å²) in [6, 6.07) is 8.09. The van der Waals surface area contributed by atoms with Crippen LogP contribution < -0.4 is 5.32 Å². The molecule has 0 amide bonds. The molecule has 0 aliphatic carbocycles. The number of hydrogen-bond acceptors (Lipinski definition) is 3. The molecule has 9 heteroatoms. The van der Waals surface area contributed by atoms with Crippen LogP contribution in [0.15, 0.2) is 108 Å². The van der Waals surface area contributed by atoms with E-state index in [4.69, 9.17) is 11.6 Å². The predicted molar refractivity (Wildman–Crippen MR) is 202 cm³/mol. The van der Waals surface area contributed by atoms with Gasteiger partial charge in [0, 0.05) is 40.3 Å². The summed E-state index contributed by atoms with van der Waals surface area (Å²) in [5.74, 6) is -1.82. The summed E-state index contributed by atoms with van der Waals surface area (Å²) in [4.78, 5) is 6.41. The van der Waals surface area contributed by atoms with Crippen molar-refractivity contribution in [1.82, 2.24) is 4.90 Å². The monoisotopic (exact) mass is 715 g/mol. The molecule has 2 rings (SSSR count). The van der Waals surface area contributed by atoms with Gasteiger partial charge < -0.3 is 10.2 Å². The lowest BCUT2D eigenvalue weighted by atomic mass is 9.81. The van der Waals surface area contributed by atoms with Gasteiger partial charge in [-0.05, 0) is 112 Å². The molecule has 0 radical (unpaired) electrons. The number of allylic oxidation sites excluding steroid dienone is 4. The van der Waals surface area contributed by atoms with Gasteiger partial charge in [-0.1, -0.05) is 82.0 Å². The Morgan fingerprint density at radius 1 is 1.00 bits per heavy atom. The molecule has 1 N–H and O–H groups in total. The Balaban J connectivity index is 2.39. The Kier molecular flexibility index (Phi) is 17.1. The number of rotatable bonds is 20. The van der Waals surface area contributed by atoms with Crippen LogP contribution in [-0.2, 0) is 12.8 Å². The van der Waals surface area contributed by atoms with Crippen LogP contribution in [0.1, 0.15) is 70.6 Å². The molecule has 0 spiro atoms. The molecule has 272 valence electrons. The van der Waals surface area contributed by atoms with Gasteiger partial charge in [-0.15, -0.1) is 6.58 Å². The van der Waals surface area contributed by atoms with E-state index in [9.17, 15) is 13.2 Å². The highest BCUT2D eigenvalue weighted by Gasteiger charge is 2.30. The fourth-order valence-electron chi connectivity index (χ4n) is 5.88. The molecule has 0 aliphatic heterocycles. The van der Waals surface area contributed by atoms with E-state index in [-0.39, 0.29) is 29.5 Å². The summed E-state index contributed by atoms with van der Waals surface area (Å²) in [5, 5.41) is 3.50. The van der Waals surface area contributed by atoms with Gasteiger partial charge in [-0.2, -0.15) is 13.2 Å². The second kappa shape index (κ2) is 20.2. The normalized spacial score (nSPS) is 13.7. The minimum Gasteiger partial charge on any atom is -0.355 e. The Morgan fingerprint density at radius 3 is 2.24 bits per heavy atom. The largest absolute Gasteiger partial charge is 0.412 e. The van der Waals surface area contributed by atoms with Gasteiger partial charge in [0.15, 0.2) is 11.6 Å². The summed E-state index contributed by atoms with van der Waals surface area (Å²) in [6.07, 6.45) is 4.35. The molecular weight excluding hydrogens is 665 g/mol. The second-order valence-electron chi connectivity index (χ2n) is 12.7. The standard InChI is InChI=1S/C41H51ClF5N3/c1-10-14-22-50(21-11-2)23-15-16-31-17-18-32(40(44)39(31)43)25-35(27(5)6)29(8)34(12-3)30(9)49-37-20-19-33(42)26-36(37)38(48-13-4)24-28(7)41(45,46)47/h10,12-13,17-20,24,26-27,35,49H,1,3-4,9,11,14-16,21-23,25H2,2,5-8H3/b28-24+,34-29+,48-38+. The fourth-order valence-corrected chi connectivity index (χ4v) is 6.06. The minimum atomic E-state index is -4.55. The summed E-state index contributed by atoms with van der Waals surface area (Å²) in [6.45, 7) is 27.2. The van der Waals surface area contributed by atoms with Gasteiger partial charge >= 0.3 is 6.18 Å². The van der Waals surface area contributed by atoms with Crippen LogP contribution in [0.25, 0.3) is 0 Å². The Morgan fingerprint density at radius 2 is 1.66 bits per heavy atom. The van der Waals surface area contributed by atoms with Crippen LogP contribution in [0.2, 0.25) is 5.02 Å². The molecule has 0 fully saturated rings. The van der Waals surface area contributed by atoms with Gasteiger partial charge in [0.25, 0.3) is 0 Å². The maximum absolute atomic E-state index is 15.6. The Hall–Kier alpha value is -3.75. The number of alkyl halides is 3. The SMILES string of the molecule is C=CCCN(CCC)CCCc1ccc(CC(/C(C)=C(\C=C)C(=C)Nc2ccc(Cl)cc2C(/C=C(\C)C(F)(F)F)=N/C=C)C(C)C)c(F)c1F. The zero-order chi connectivity index (χ0) is 37.6. The Labute approximate surface area is 300 Å². The molecule has 0 bridgehead atoms.